The van der Waals surface area contributed by atoms with E-state index in [1.165, 1.54) is 4.80 Å². The highest BCUT2D eigenvalue weighted by Gasteiger charge is 2.35. The minimum Gasteiger partial charge on any atom is -0.493 e. The summed E-state index contributed by atoms with van der Waals surface area (Å²) in [5.41, 5.74) is 0.702. The molecular weight excluding hydrogens is 436 g/mol. The maximum Gasteiger partial charge on any atom is 0.247 e. The standard InChI is InChI=1S/C24H34N6O4/c1-16(24(32)25-18-8-4-5-9-18)30(19-10-6-7-11-19)22(31)15-29-27-23(26-28-29)17-12-13-20(33-2)21(14-17)34-3/h12-14,16,18-19H,4-11,15H2,1-3H3,(H,25,32)/t16-/m0/s1. The van der Waals surface area contributed by atoms with Gasteiger partial charge in [0.1, 0.15) is 12.6 Å². The Bertz CT molecular complexity index is 997. The number of nitrogens with one attached hydrogen (secondary N) is 1. The number of aromatic nitrogens is 4. The summed E-state index contributed by atoms with van der Waals surface area (Å²) in [5.74, 6) is 1.29. The number of carbonyl (C=O) groups excluding carboxylic acids is 2. The van der Waals surface area contributed by atoms with Gasteiger partial charge in [-0.2, -0.15) is 4.80 Å². The van der Waals surface area contributed by atoms with Gasteiger partial charge >= 0.3 is 0 Å². The quantitative estimate of drug-likeness (QED) is 0.599. The van der Waals surface area contributed by atoms with Crippen molar-refractivity contribution in [3.05, 3.63) is 18.2 Å². The molecule has 0 aliphatic heterocycles. The van der Waals surface area contributed by atoms with E-state index >= 15 is 0 Å². The average molecular weight is 471 g/mol. The SMILES string of the molecule is COc1ccc(-c2nnn(CC(=O)N(C3CCCC3)[C@@H](C)C(=O)NC3CCCC3)n2)cc1OC. The van der Waals surface area contributed by atoms with E-state index in [4.69, 9.17) is 9.47 Å². The van der Waals surface area contributed by atoms with Crippen LogP contribution in [0, 0.1) is 0 Å². The van der Waals surface area contributed by atoms with Crippen molar-refractivity contribution in [1.29, 1.82) is 0 Å². The van der Waals surface area contributed by atoms with Gasteiger partial charge in [-0.15, -0.1) is 10.2 Å². The van der Waals surface area contributed by atoms with E-state index in [0.29, 0.717) is 22.9 Å². The van der Waals surface area contributed by atoms with Crippen LogP contribution in [0.3, 0.4) is 0 Å². The first kappa shape index (κ1) is 24.0. The Hall–Kier alpha value is -3.17. The number of carbonyl (C=O) groups is 2. The molecule has 2 fully saturated rings. The summed E-state index contributed by atoms with van der Waals surface area (Å²) in [6.45, 7) is 1.75. The van der Waals surface area contributed by atoms with Crippen LogP contribution in [0.2, 0.25) is 0 Å². The molecule has 0 radical (unpaired) electrons. The Morgan fingerprint density at radius 1 is 1.09 bits per heavy atom. The van der Waals surface area contributed by atoms with Gasteiger partial charge in [0.2, 0.25) is 17.6 Å². The van der Waals surface area contributed by atoms with Crippen molar-refractivity contribution in [2.75, 3.05) is 14.2 Å². The number of rotatable bonds is 9. The molecule has 1 aromatic carbocycles. The molecule has 1 aromatic heterocycles. The highest BCUT2D eigenvalue weighted by Crippen LogP contribution is 2.31. The summed E-state index contributed by atoms with van der Waals surface area (Å²) < 4.78 is 10.6. The molecular formula is C24H34N6O4. The molecule has 4 rings (SSSR count). The second-order valence-corrected chi connectivity index (χ2v) is 9.12. The van der Waals surface area contributed by atoms with Crippen LogP contribution in [0.25, 0.3) is 11.4 Å². The zero-order chi connectivity index (χ0) is 24.1. The number of methoxy groups -OCH3 is 2. The molecule has 2 saturated carbocycles. The van der Waals surface area contributed by atoms with Gasteiger partial charge in [-0.1, -0.05) is 25.7 Å². The van der Waals surface area contributed by atoms with Crippen molar-refractivity contribution in [2.45, 2.75) is 83.0 Å². The van der Waals surface area contributed by atoms with E-state index in [1.54, 1.807) is 31.3 Å². The topological polar surface area (TPSA) is 111 Å². The van der Waals surface area contributed by atoms with Gasteiger partial charge in [0.25, 0.3) is 0 Å². The molecule has 2 aromatic rings. The van der Waals surface area contributed by atoms with Crippen LogP contribution in [0.1, 0.15) is 58.3 Å². The molecule has 2 aliphatic rings. The zero-order valence-corrected chi connectivity index (χ0v) is 20.2. The molecule has 1 heterocycles. The van der Waals surface area contributed by atoms with E-state index in [2.05, 4.69) is 20.7 Å². The molecule has 0 saturated heterocycles. The lowest BCUT2D eigenvalue weighted by Gasteiger charge is -2.34. The van der Waals surface area contributed by atoms with Gasteiger partial charge in [0.05, 0.1) is 14.2 Å². The number of tetrazole rings is 1. The van der Waals surface area contributed by atoms with E-state index in [9.17, 15) is 9.59 Å². The van der Waals surface area contributed by atoms with E-state index in [1.807, 2.05) is 13.0 Å². The van der Waals surface area contributed by atoms with Crippen molar-refractivity contribution in [3.8, 4) is 22.9 Å². The second kappa shape index (κ2) is 10.8. The van der Waals surface area contributed by atoms with E-state index < -0.39 is 6.04 Å². The minimum atomic E-state index is -0.537. The fraction of sp³-hybridized carbons (Fsp3) is 0.625. The van der Waals surface area contributed by atoms with Gasteiger partial charge in [0.15, 0.2) is 11.5 Å². The third-order valence-electron chi connectivity index (χ3n) is 6.88. The molecule has 0 unspecified atom stereocenters. The Morgan fingerprint density at radius 2 is 1.76 bits per heavy atom. The highest BCUT2D eigenvalue weighted by atomic mass is 16.5. The summed E-state index contributed by atoms with van der Waals surface area (Å²) in [7, 11) is 3.13. The summed E-state index contributed by atoms with van der Waals surface area (Å²) in [6.07, 6.45) is 8.26. The lowest BCUT2D eigenvalue weighted by atomic mass is 10.1. The average Bonchev–Trinajstić information content (AvgIpc) is 3.62. The summed E-state index contributed by atoms with van der Waals surface area (Å²) in [4.78, 5) is 29.4. The van der Waals surface area contributed by atoms with Crippen molar-refractivity contribution in [1.82, 2.24) is 30.4 Å². The van der Waals surface area contributed by atoms with Crippen LogP contribution in [0.4, 0.5) is 0 Å². The number of amides is 2. The summed E-state index contributed by atoms with van der Waals surface area (Å²) in [5, 5.41) is 15.7. The monoisotopic (exact) mass is 470 g/mol. The molecule has 2 amide bonds. The van der Waals surface area contributed by atoms with Gasteiger partial charge in [-0.25, -0.2) is 0 Å². The Balaban J connectivity index is 1.47. The number of hydrogen-bond acceptors (Lipinski definition) is 7. The Morgan fingerprint density at radius 3 is 2.44 bits per heavy atom. The lowest BCUT2D eigenvalue weighted by molar-refractivity contribution is -0.143. The van der Waals surface area contributed by atoms with Gasteiger partial charge < -0.3 is 19.7 Å². The van der Waals surface area contributed by atoms with Crippen LogP contribution in [-0.4, -0.2) is 69.3 Å². The second-order valence-electron chi connectivity index (χ2n) is 9.12. The molecule has 1 atom stereocenters. The van der Waals surface area contributed by atoms with Gasteiger partial charge in [0, 0.05) is 17.6 Å². The summed E-state index contributed by atoms with van der Waals surface area (Å²) in [6, 6.07) is 5.09. The fourth-order valence-corrected chi connectivity index (χ4v) is 5.04. The number of benzene rings is 1. The highest BCUT2D eigenvalue weighted by molar-refractivity contribution is 5.87. The molecule has 34 heavy (non-hydrogen) atoms. The smallest absolute Gasteiger partial charge is 0.247 e. The van der Waals surface area contributed by atoms with E-state index in [-0.39, 0.29) is 30.4 Å². The molecule has 0 spiro atoms. The molecule has 10 nitrogen and oxygen atoms in total. The van der Waals surface area contributed by atoms with Crippen LogP contribution >= 0.6 is 0 Å². The predicted molar refractivity (Wildman–Crippen MR) is 125 cm³/mol. The zero-order valence-electron chi connectivity index (χ0n) is 20.2. The van der Waals surface area contributed by atoms with Gasteiger partial charge in [-0.3, -0.25) is 9.59 Å². The van der Waals surface area contributed by atoms with Crippen LogP contribution in [0.5, 0.6) is 11.5 Å². The van der Waals surface area contributed by atoms with Crippen molar-refractivity contribution >= 4 is 11.8 Å². The van der Waals surface area contributed by atoms with Crippen molar-refractivity contribution in [3.63, 3.8) is 0 Å². The first-order chi connectivity index (χ1) is 16.5. The van der Waals surface area contributed by atoms with Crippen molar-refractivity contribution in [2.24, 2.45) is 0 Å². The fourth-order valence-electron chi connectivity index (χ4n) is 5.04. The molecule has 0 bridgehead atoms. The number of ether oxygens (including phenoxy) is 2. The van der Waals surface area contributed by atoms with E-state index in [0.717, 1.165) is 51.4 Å². The maximum atomic E-state index is 13.4. The molecule has 2 aliphatic carbocycles. The predicted octanol–water partition coefficient (Wildman–Crippen LogP) is 2.58. The Labute approximate surface area is 200 Å². The van der Waals surface area contributed by atoms with Crippen LogP contribution in [-0.2, 0) is 16.1 Å². The van der Waals surface area contributed by atoms with Gasteiger partial charge in [-0.05, 0) is 56.0 Å². The number of nitrogens with zero attached hydrogens (tertiary/aromatic N) is 5. The van der Waals surface area contributed by atoms with Crippen LogP contribution < -0.4 is 14.8 Å². The first-order valence-electron chi connectivity index (χ1n) is 12.1. The van der Waals surface area contributed by atoms with Crippen LogP contribution in [0.15, 0.2) is 18.2 Å². The molecule has 184 valence electrons. The maximum absolute atomic E-state index is 13.4. The molecule has 1 N–H and O–H groups in total. The van der Waals surface area contributed by atoms with Crippen molar-refractivity contribution < 1.29 is 19.1 Å². The normalized spacial score (nSPS) is 17.5. The Kier molecular flexibility index (Phi) is 7.64. The summed E-state index contributed by atoms with van der Waals surface area (Å²) >= 11 is 0. The largest absolute Gasteiger partial charge is 0.493 e. The molecule has 10 heteroatoms. The number of hydrogen-bond donors (Lipinski definition) is 1. The third-order valence-corrected chi connectivity index (χ3v) is 6.88. The third kappa shape index (κ3) is 5.31. The lowest BCUT2D eigenvalue weighted by Crippen LogP contribution is -2.54. The first-order valence-corrected chi connectivity index (χ1v) is 12.1. The minimum absolute atomic E-state index is 0.0608.